The molecule has 0 aliphatic rings. The van der Waals surface area contributed by atoms with Crippen LogP contribution in [0.2, 0.25) is 0 Å². The van der Waals surface area contributed by atoms with Gasteiger partial charge in [-0.1, -0.05) is 0 Å². The quantitative estimate of drug-likeness (QED) is 0.608. The zero-order valence-electron chi connectivity index (χ0n) is 7.86. The molecule has 0 spiro atoms. The predicted octanol–water partition coefficient (Wildman–Crippen LogP) is 1.35. The Balaban J connectivity index is 3.94. The third-order valence-electron chi connectivity index (χ3n) is 0.877. The van der Waals surface area contributed by atoms with Crippen LogP contribution in [0, 0.1) is 0 Å². The average molecular weight is 177 g/mol. The minimum absolute atomic E-state index is 0.129. The molecule has 5 nitrogen and oxygen atoms in total. The summed E-state index contributed by atoms with van der Waals surface area (Å²) in [7, 11) is 1.26. The molecule has 0 heterocycles. The third kappa shape index (κ3) is 4.15. The molecule has 0 N–H and O–H groups in total. The van der Waals surface area contributed by atoms with Crippen molar-refractivity contribution in [1.82, 2.24) is 5.23 Å². The van der Waals surface area contributed by atoms with Crippen LogP contribution < -0.4 is 0 Å². The molecular formula is C7H15NO4. The summed E-state index contributed by atoms with van der Waals surface area (Å²) in [5.74, 6) is 0. The van der Waals surface area contributed by atoms with Crippen molar-refractivity contribution < 1.29 is 19.2 Å². The first-order chi connectivity index (χ1) is 5.61. The molecule has 72 valence electrons. The van der Waals surface area contributed by atoms with E-state index >= 15 is 0 Å². The van der Waals surface area contributed by atoms with Gasteiger partial charge in [0.15, 0.2) is 0 Å². The number of hydroxylamine groups is 2. The lowest BCUT2D eigenvalue weighted by molar-refractivity contribution is -0.347. The van der Waals surface area contributed by atoms with E-state index in [4.69, 9.17) is 9.68 Å². The summed E-state index contributed by atoms with van der Waals surface area (Å²) in [6.07, 6.45) is -0.791. The summed E-state index contributed by atoms with van der Waals surface area (Å²) in [6.45, 7) is 5.67. The van der Waals surface area contributed by atoms with Crippen LogP contribution in [0.15, 0.2) is 0 Å². The number of ether oxygens (including phenoxy) is 1. The molecule has 0 rings (SSSR count). The first-order valence-corrected chi connectivity index (χ1v) is 3.79. The number of hydrogen-bond donors (Lipinski definition) is 0. The summed E-state index contributed by atoms with van der Waals surface area (Å²) < 4.78 is 4.40. The van der Waals surface area contributed by atoms with Gasteiger partial charge in [-0.2, -0.15) is 0 Å². The standard InChI is InChI=1S/C7H15NO4/c1-5-11-8(7(9)10-4)12-6(2)3/h6H,5H2,1-4H3. The van der Waals surface area contributed by atoms with E-state index in [1.54, 1.807) is 20.8 Å². The van der Waals surface area contributed by atoms with Crippen molar-refractivity contribution in [1.29, 1.82) is 0 Å². The van der Waals surface area contributed by atoms with E-state index in [1.807, 2.05) is 0 Å². The van der Waals surface area contributed by atoms with Crippen LogP contribution in [-0.4, -0.2) is 31.1 Å². The van der Waals surface area contributed by atoms with E-state index in [2.05, 4.69) is 4.74 Å². The van der Waals surface area contributed by atoms with Crippen molar-refractivity contribution in [2.75, 3.05) is 13.7 Å². The summed E-state index contributed by atoms with van der Waals surface area (Å²) in [6, 6.07) is 0. The highest BCUT2D eigenvalue weighted by atomic mass is 17.0. The molecule has 0 aliphatic heterocycles. The monoisotopic (exact) mass is 177 g/mol. The molecule has 0 aromatic carbocycles. The van der Waals surface area contributed by atoms with Crippen LogP contribution in [0.3, 0.4) is 0 Å². The van der Waals surface area contributed by atoms with Crippen molar-refractivity contribution in [3.05, 3.63) is 0 Å². The summed E-state index contributed by atoms with van der Waals surface area (Å²) >= 11 is 0. The van der Waals surface area contributed by atoms with Crippen molar-refractivity contribution in [2.24, 2.45) is 0 Å². The van der Waals surface area contributed by atoms with Gasteiger partial charge in [0.2, 0.25) is 0 Å². The van der Waals surface area contributed by atoms with E-state index in [-0.39, 0.29) is 6.10 Å². The Bertz CT molecular complexity index is 137. The normalized spacial score (nSPS) is 10.1. The number of rotatable bonds is 4. The second-order valence-corrected chi connectivity index (χ2v) is 2.30. The lowest BCUT2D eigenvalue weighted by atomic mass is 10.5. The Labute approximate surface area is 72.1 Å². The molecule has 0 unspecified atom stereocenters. The average Bonchev–Trinajstić information content (AvgIpc) is 2.01. The largest absolute Gasteiger partial charge is 0.459 e. The fourth-order valence-corrected chi connectivity index (χ4v) is 0.509. The van der Waals surface area contributed by atoms with Crippen molar-refractivity contribution in [2.45, 2.75) is 26.9 Å². The molecule has 0 aliphatic carbocycles. The van der Waals surface area contributed by atoms with Gasteiger partial charge < -0.3 is 4.74 Å². The maximum absolute atomic E-state index is 10.9. The van der Waals surface area contributed by atoms with Crippen LogP contribution >= 0.6 is 0 Å². The van der Waals surface area contributed by atoms with Gasteiger partial charge >= 0.3 is 6.09 Å². The molecule has 1 amide bonds. The summed E-state index contributed by atoms with van der Waals surface area (Å²) in [5.41, 5.74) is 0. The topological polar surface area (TPSA) is 48.0 Å². The van der Waals surface area contributed by atoms with Crippen molar-refractivity contribution >= 4 is 6.09 Å². The van der Waals surface area contributed by atoms with Crippen molar-refractivity contribution in [3.63, 3.8) is 0 Å². The molecule has 0 radical (unpaired) electrons. The van der Waals surface area contributed by atoms with Gasteiger partial charge in [0.05, 0.1) is 19.8 Å². The summed E-state index contributed by atoms with van der Waals surface area (Å²) in [5, 5.41) is 0.741. The third-order valence-corrected chi connectivity index (χ3v) is 0.877. The number of carbonyl (C=O) groups excluding carboxylic acids is 1. The van der Waals surface area contributed by atoms with Gasteiger partial charge in [-0.05, 0) is 26.0 Å². The zero-order chi connectivity index (χ0) is 9.56. The Morgan fingerprint density at radius 3 is 2.42 bits per heavy atom. The molecule has 0 fully saturated rings. The Hall–Kier alpha value is -0.810. The number of amides is 1. The van der Waals surface area contributed by atoms with Crippen LogP contribution in [0.1, 0.15) is 20.8 Å². The van der Waals surface area contributed by atoms with Gasteiger partial charge in [0.25, 0.3) is 0 Å². The van der Waals surface area contributed by atoms with Gasteiger partial charge in [-0.3, -0.25) is 0 Å². The summed E-state index contributed by atoms with van der Waals surface area (Å²) in [4.78, 5) is 20.7. The Morgan fingerprint density at radius 2 is 2.08 bits per heavy atom. The second kappa shape index (κ2) is 5.79. The highest BCUT2D eigenvalue weighted by Gasteiger charge is 2.16. The van der Waals surface area contributed by atoms with E-state index in [9.17, 15) is 4.79 Å². The molecule has 0 atom stereocenters. The maximum atomic E-state index is 10.9. The maximum Gasteiger partial charge on any atom is 0.459 e. The van der Waals surface area contributed by atoms with E-state index in [0.29, 0.717) is 6.61 Å². The van der Waals surface area contributed by atoms with Gasteiger partial charge in [-0.15, -0.1) is 0 Å². The molecular weight excluding hydrogens is 162 g/mol. The van der Waals surface area contributed by atoms with Crippen molar-refractivity contribution in [3.8, 4) is 0 Å². The predicted molar refractivity (Wildman–Crippen MR) is 42.1 cm³/mol. The Morgan fingerprint density at radius 1 is 1.50 bits per heavy atom. The number of hydrogen-bond acceptors (Lipinski definition) is 4. The fraction of sp³-hybridized carbons (Fsp3) is 0.857. The highest BCUT2D eigenvalue weighted by molar-refractivity contribution is 5.64. The SMILES string of the molecule is CCON(OC(C)C)C(=O)OC. The molecule has 0 aromatic heterocycles. The highest BCUT2D eigenvalue weighted by Crippen LogP contribution is 2.00. The first-order valence-electron chi connectivity index (χ1n) is 3.79. The van der Waals surface area contributed by atoms with Crippen LogP contribution in [0.5, 0.6) is 0 Å². The first kappa shape index (κ1) is 11.2. The lowest BCUT2D eigenvalue weighted by Gasteiger charge is -2.19. The van der Waals surface area contributed by atoms with Gasteiger partial charge in [0.1, 0.15) is 0 Å². The van der Waals surface area contributed by atoms with Gasteiger partial charge in [-0.25, -0.2) is 14.5 Å². The van der Waals surface area contributed by atoms with Crippen LogP contribution in [-0.2, 0) is 14.4 Å². The minimum Gasteiger partial charge on any atom is -0.450 e. The molecule has 0 saturated carbocycles. The molecule has 5 heteroatoms. The Kier molecular flexibility index (Phi) is 5.40. The number of carbonyl (C=O) groups is 1. The van der Waals surface area contributed by atoms with Crippen LogP contribution in [0.4, 0.5) is 4.79 Å². The smallest absolute Gasteiger partial charge is 0.450 e. The second-order valence-electron chi connectivity index (χ2n) is 2.30. The van der Waals surface area contributed by atoms with Gasteiger partial charge in [0, 0.05) is 0 Å². The fourth-order valence-electron chi connectivity index (χ4n) is 0.509. The zero-order valence-corrected chi connectivity index (χ0v) is 7.86. The van der Waals surface area contributed by atoms with E-state index in [1.165, 1.54) is 7.11 Å². The van der Waals surface area contributed by atoms with E-state index in [0.717, 1.165) is 5.23 Å². The molecule has 12 heavy (non-hydrogen) atoms. The lowest BCUT2D eigenvalue weighted by Crippen LogP contribution is -2.33. The molecule has 0 bridgehead atoms. The van der Waals surface area contributed by atoms with Crippen LogP contribution in [0.25, 0.3) is 0 Å². The number of nitrogens with zero attached hydrogens (tertiary/aromatic N) is 1. The molecule has 0 saturated heterocycles. The van der Waals surface area contributed by atoms with E-state index < -0.39 is 6.09 Å². The molecule has 0 aromatic rings. The minimum atomic E-state index is -0.662. The number of methoxy groups -OCH3 is 1.